The number of Topliss-reactive ketones (excluding diaryl/α,β-unsaturated/α-hetero) is 3. The molecule has 1 unspecified atom stereocenters. The summed E-state index contributed by atoms with van der Waals surface area (Å²) >= 11 is 0. The SMILES string of the molecule is CC(=O)C1=C(O)[C@]2(O)C(=O)C3=C(O)c4c(ccc(C(C)(C)CCCC5C=CC=C5)c4O)[C@@H](C)[C@]3(C)[C@@H](O)[C@]2(C)C(C(C)C)C1=O. The fourth-order valence-corrected chi connectivity index (χ4v) is 9.06. The molecule has 8 heteroatoms. The van der Waals surface area contributed by atoms with E-state index in [1.54, 1.807) is 33.8 Å². The number of hydrogen-bond acceptors (Lipinski definition) is 8. The third-order valence-electron chi connectivity index (χ3n) is 11.7. The Morgan fingerprint density at radius 3 is 2.20 bits per heavy atom. The summed E-state index contributed by atoms with van der Waals surface area (Å²) in [6.45, 7) is 13.2. The van der Waals surface area contributed by atoms with Crippen LogP contribution in [0.3, 0.4) is 0 Å². The molecule has 0 aliphatic heterocycles. The van der Waals surface area contributed by atoms with E-state index in [0.29, 0.717) is 17.0 Å². The molecule has 4 aliphatic carbocycles. The number of aliphatic hydroxyl groups is 4. The molecule has 0 amide bonds. The van der Waals surface area contributed by atoms with Gasteiger partial charge in [0, 0.05) is 22.3 Å². The van der Waals surface area contributed by atoms with Crippen molar-refractivity contribution in [1.82, 2.24) is 0 Å². The quantitative estimate of drug-likeness (QED) is 0.237. The Balaban J connectivity index is 1.71. The second-order valence-corrected chi connectivity index (χ2v) is 15.0. The molecule has 0 bridgehead atoms. The number of rotatable bonds is 7. The number of aromatic hydroxyl groups is 1. The van der Waals surface area contributed by atoms with Gasteiger partial charge >= 0.3 is 0 Å². The number of benzene rings is 1. The number of hydrogen-bond donors (Lipinski definition) is 5. The first kappa shape index (κ1) is 32.9. The lowest BCUT2D eigenvalue weighted by Gasteiger charge is -2.63. The molecule has 1 fully saturated rings. The highest BCUT2D eigenvalue weighted by Crippen LogP contribution is 2.67. The van der Waals surface area contributed by atoms with Crippen molar-refractivity contribution < 1.29 is 39.9 Å². The zero-order chi connectivity index (χ0) is 33.6. The minimum Gasteiger partial charge on any atom is -0.508 e. The Bertz CT molecular complexity index is 1610. The van der Waals surface area contributed by atoms with Gasteiger partial charge in [-0.3, -0.25) is 14.4 Å². The highest BCUT2D eigenvalue weighted by Gasteiger charge is 2.77. The normalized spacial score (nSPS) is 33.2. The number of phenols is 1. The predicted molar refractivity (Wildman–Crippen MR) is 171 cm³/mol. The topological polar surface area (TPSA) is 152 Å². The minimum atomic E-state index is -2.90. The predicted octanol–water partition coefficient (Wildman–Crippen LogP) is 5.91. The molecule has 5 rings (SSSR count). The lowest BCUT2D eigenvalue weighted by molar-refractivity contribution is -0.215. The van der Waals surface area contributed by atoms with Crippen molar-refractivity contribution in [1.29, 1.82) is 0 Å². The smallest absolute Gasteiger partial charge is 0.203 e. The Kier molecular flexibility index (Phi) is 7.69. The highest BCUT2D eigenvalue weighted by molar-refractivity contribution is 6.24. The summed E-state index contributed by atoms with van der Waals surface area (Å²) < 4.78 is 0. The molecule has 1 aromatic carbocycles. The van der Waals surface area contributed by atoms with Crippen LogP contribution in [0.5, 0.6) is 5.75 Å². The lowest BCUT2D eigenvalue weighted by atomic mass is 9.40. The van der Waals surface area contributed by atoms with Crippen molar-refractivity contribution in [3.63, 3.8) is 0 Å². The van der Waals surface area contributed by atoms with E-state index in [0.717, 1.165) is 26.2 Å². The van der Waals surface area contributed by atoms with Crippen LogP contribution in [0, 0.1) is 28.6 Å². The van der Waals surface area contributed by atoms with Gasteiger partial charge in [0.05, 0.1) is 17.2 Å². The maximum atomic E-state index is 14.7. The maximum absolute atomic E-state index is 14.7. The van der Waals surface area contributed by atoms with Crippen LogP contribution in [0.1, 0.15) is 97.3 Å². The molecule has 0 aromatic heterocycles. The van der Waals surface area contributed by atoms with E-state index < -0.39 is 80.1 Å². The molecule has 0 radical (unpaired) electrons. The molecule has 6 atom stereocenters. The standard InChI is InChI=1S/C37H46O8/c1-18(2)26-29(40)24(20(4)38)31(42)37(45)32(43)27-30(41)25-22(19(3)35(27,7)33(44)36(26,37)8)15-16-23(28(25)39)34(5,6)17-11-14-21-12-9-10-13-21/h9-10,12-13,15-16,18-19,21,26,33,39,41-42,44-45H,11,14,17H2,1-8H3/t19-,26?,33-,35+,36+,37+/m1/s1. The van der Waals surface area contributed by atoms with Gasteiger partial charge in [0.1, 0.15) is 22.8 Å². The second kappa shape index (κ2) is 10.5. The third kappa shape index (κ3) is 4.14. The molecular weight excluding hydrogens is 572 g/mol. The van der Waals surface area contributed by atoms with E-state index in [2.05, 4.69) is 12.2 Å². The van der Waals surface area contributed by atoms with E-state index in [4.69, 9.17) is 0 Å². The average Bonchev–Trinajstić information content (AvgIpc) is 3.46. The second-order valence-electron chi connectivity index (χ2n) is 15.0. The number of phenolic OH excluding ortho intramolecular Hbond substituents is 1. The van der Waals surface area contributed by atoms with Crippen LogP contribution in [0.25, 0.3) is 5.76 Å². The van der Waals surface area contributed by atoms with Gasteiger partial charge < -0.3 is 25.5 Å². The van der Waals surface area contributed by atoms with Crippen LogP contribution in [0.4, 0.5) is 0 Å². The van der Waals surface area contributed by atoms with Gasteiger partial charge in [0.15, 0.2) is 17.2 Å². The Morgan fingerprint density at radius 2 is 1.64 bits per heavy atom. The summed E-state index contributed by atoms with van der Waals surface area (Å²) in [5.74, 6) is -6.63. The van der Waals surface area contributed by atoms with Crippen LogP contribution >= 0.6 is 0 Å². The van der Waals surface area contributed by atoms with Gasteiger partial charge in [0.2, 0.25) is 5.78 Å². The molecule has 45 heavy (non-hydrogen) atoms. The van der Waals surface area contributed by atoms with Crippen molar-refractivity contribution in [2.45, 2.75) is 97.7 Å². The average molecular weight is 619 g/mol. The van der Waals surface area contributed by atoms with Gasteiger partial charge in [-0.1, -0.05) is 91.3 Å². The van der Waals surface area contributed by atoms with Crippen LogP contribution in [-0.2, 0) is 19.8 Å². The number of ketones is 3. The van der Waals surface area contributed by atoms with E-state index >= 15 is 0 Å². The molecule has 242 valence electrons. The molecule has 0 spiro atoms. The van der Waals surface area contributed by atoms with Crippen molar-refractivity contribution in [3.05, 3.63) is 70.0 Å². The first-order chi connectivity index (χ1) is 20.8. The summed E-state index contributed by atoms with van der Waals surface area (Å²) in [6.07, 6.45) is 9.31. The lowest BCUT2D eigenvalue weighted by Crippen LogP contribution is -2.75. The van der Waals surface area contributed by atoms with Crippen molar-refractivity contribution in [2.75, 3.05) is 0 Å². The van der Waals surface area contributed by atoms with E-state index in [1.165, 1.54) is 6.92 Å². The van der Waals surface area contributed by atoms with Crippen molar-refractivity contribution >= 4 is 23.1 Å². The first-order valence-electron chi connectivity index (χ1n) is 15.9. The number of fused-ring (bicyclic) bond motifs is 3. The summed E-state index contributed by atoms with van der Waals surface area (Å²) in [6, 6.07) is 3.63. The van der Waals surface area contributed by atoms with Crippen LogP contribution in [0.15, 0.2) is 53.3 Å². The van der Waals surface area contributed by atoms with E-state index in [1.807, 2.05) is 32.1 Å². The minimum absolute atomic E-state index is 0.0394. The fraction of sp³-hybridized carbons (Fsp3) is 0.541. The molecule has 0 saturated heterocycles. The molecule has 4 aliphatic rings. The largest absolute Gasteiger partial charge is 0.508 e. The summed E-state index contributed by atoms with van der Waals surface area (Å²) in [7, 11) is 0. The molecule has 1 aromatic rings. The number of carbonyl (C=O) groups excluding carboxylic acids is 3. The van der Waals surface area contributed by atoms with Gasteiger partial charge in [-0.15, -0.1) is 0 Å². The number of allylic oxidation sites excluding steroid dienone is 5. The molecule has 5 N–H and O–H groups in total. The van der Waals surface area contributed by atoms with Gasteiger partial charge in [-0.25, -0.2) is 0 Å². The summed E-state index contributed by atoms with van der Waals surface area (Å²) in [4.78, 5) is 41.0. The summed E-state index contributed by atoms with van der Waals surface area (Å²) in [5, 5.41) is 59.7. The summed E-state index contributed by atoms with van der Waals surface area (Å²) in [5.41, 5.74) is -6.81. The monoisotopic (exact) mass is 618 g/mol. The zero-order valence-electron chi connectivity index (χ0n) is 27.4. The molecule has 8 nitrogen and oxygen atoms in total. The Morgan fingerprint density at radius 1 is 1.04 bits per heavy atom. The molecular formula is C37H46O8. The first-order valence-corrected chi connectivity index (χ1v) is 15.9. The Hall–Kier alpha value is -3.49. The van der Waals surface area contributed by atoms with Crippen LogP contribution < -0.4 is 0 Å². The zero-order valence-corrected chi connectivity index (χ0v) is 27.4. The number of carbonyl (C=O) groups is 3. The highest BCUT2D eigenvalue weighted by atomic mass is 16.4. The Labute approximate surface area is 264 Å². The molecule has 0 heterocycles. The third-order valence-corrected chi connectivity index (χ3v) is 11.7. The van der Waals surface area contributed by atoms with E-state index in [9.17, 15) is 39.9 Å². The van der Waals surface area contributed by atoms with Gasteiger partial charge in [0.25, 0.3) is 0 Å². The van der Waals surface area contributed by atoms with Crippen molar-refractivity contribution in [3.8, 4) is 5.75 Å². The number of aliphatic hydroxyl groups excluding tert-OH is 3. The van der Waals surface area contributed by atoms with Crippen LogP contribution in [0.2, 0.25) is 0 Å². The fourth-order valence-electron chi connectivity index (χ4n) is 9.06. The maximum Gasteiger partial charge on any atom is 0.203 e. The van der Waals surface area contributed by atoms with E-state index in [-0.39, 0.29) is 16.9 Å². The van der Waals surface area contributed by atoms with Crippen LogP contribution in [-0.4, -0.2) is 54.6 Å². The van der Waals surface area contributed by atoms with Crippen molar-refractivity contribution in [2.24, 2.45) is 28.6 Å². The van der Waals surface area contributed by atoms with Gasteiger partial charge in [-0.05, 0) is 48.5 Å². The molecule has 1 saturated carbocycles. The van der Waals surface area contributed by atoms with Gasteiger partial charge in [-0.2, -0.15) is 0 Å².